The van der Waals surface area contributed by atoms with E-state index in [4.69, 9.17) is 5.73 Å². The highest BCUT2D eigenvalue weighted by molar-refractivity contribution is 5.94. The molecule has 1 rings (SSSR count). The predicted molar refractivity (Wildman–Crippen MR) is 72.8 cm³/mol. The molecule has 3 N–H and O–H groups in total. The van der Waals surface area contributed by atoms with Crippen LogP contribution in [0.2, 0.25) is 0 Å². The first-order valence-electron chi connectivity index (χ1n) is 6.47. The molecule has 0 fully saturated rings. The Morgan fingerprint density at radius 2 is 2.10 bits per heavy atom. The van der Waals surface area contributed by atoms with Gasteiger partial charge in [-0.2, -0.15) is 8.78 Å². The van der Waals surface area contributed by atoms with Gasteiger partial charge in [0.15, 0.2) is 0 Å². The third kappa shape index (κ3) is 5.97. The standard InChI is InChI=1S/C14H20F2N2O2/c1-9(2)6-11(17)8-18-13(19)10-4-3-5-12(7-10)20-14(15)16/h3-5,7,9,11,14H,6,8,17H2,1-2H3,(H,18,19). The second-order valence-electron chi connectivity index (χ2n) is 5.01. The van der Waals surface area contributed by atoms with Gasteiger partial charge in [-0.15, -0.1) is 0 Å². The van der Waals surface area contributed by atoms with E-state index in [2.05, 4.69) is 10.1 Å². The van der Waals surface area contributed by atoms with Crippen LogP contribution in [0.25, 0.3) is 0 Å². The number of nitrogens with one attached hydrogen (secondary N) is 1. The van der Waals surface area contributed by atoms with E-state index >= 15 is 0 Å². The second kappa shape index (κ2) is 7.79. The molecule has 6 heteroatoms. The molecule has 1 unspecified atom stereocenters. The van der Waals surface area contributed by atoms with Crippen LogP contribution in [-0.2, 0) is 0 Å². The summed E-state index contributed by atoms with van der Waals surface area (Å²) in [6.45, 7) is 1.53. The third-order valence-corrected chi connectivity index (χ3v) is 2.62. The molecule has 1 aromatic rings. The van der Waals surface area contributed by atoms with E-state index in [1.165, 1.54) is 24.3 Å². The number of carbonyl (C=O) groups is 1. The molecule has 0 aliphatic rings. The van der Waals surface area contributed by atoms with Crippen molar-refractivity contribution in [3.8, 4) is 5.75 Å². The SMILES string of the molecule is CC(C)CC(N)CNC(=O)c1cccc(OC(F)F)c1. The van der Waals surface area contributed by atoms with Crippen LogP contribution in [-0.4, -0.2) is 25.1 Å². The van der Waals surface area contributed by atoms with Gasteiger partial charge in [-0.25, -0.2) is 0 Å². The molecule has 4 nitrogen and oxygen atoms in total. The van der Waals surface area contributed by atoms with Gasteiger partial charge in [0, 0.05) is 18.2 Å². The zero-order chi connectivity index (χ0) is 15.1. The minimum atomic E-state index is -2.91. The van der Waals surface area contributed by atoms with Gasteiger partial charge < -0.3 is 15.8 Å². The van der Waals surface area contributed by atoms with Gasteiger partial charge in [0.1, 0.15) is 5.75 Å². The molecule has 0 aliphatic heterocycles. The van der Waals surface area contributed by atoms with Gasteiger partial charge in [0.25, 0.3) is 5.91 Å². The molecule has 0 bridgehead atoms. The minimum absolute atomic E-state index is 0.0425. The van der Waals surface area contributed by atoms with Crippen molar-refractivity contribution >= 4 is 5.91 Å². The molecule has 0 aromatic heterocycles. The largest absolute Gasteiger partial charge is 0.435 e. The lowest BCUT2D eigenvalue weighted by Gasteiger charge is -2.15. The van der Waals surface area contributed by atoms with Gasteiger partial charge >= 0.3 is 6.61 Å². The van der Waals surface area contributed by atoms with Crippen LogP contribution >= 0.6 is 0 Å². The quantitative estimate of drug-likeness (QED) is 0.809. The van der Waals surface area contributed by atoms with Crippen molar-refractivity contribution in [1.82, 2.24) is 5.32 Å². The van der Waals surface area contributed by atoms with Gasteiger partial charge in [0.2, 0.25) is 0 Å². The van der Waals surface area contributed by atoms with E-state index < -0.39 is 6.61 Å². The van der Waals surface area contributed by atoms with Crippen molar-refractivity contribution in [2.75, 3.05) is 6.54 Å². The lowest BCUT2D eigenvalue weighted by Crippen LogP contribution is -2.38. The van der Waals surface area contributed by atoms with Crippen LogP contribution in [0.4, 0.5) is 8.78 Å². The van der Waals surface area contributed by atoms with Gasteiger partial charge in [0.05, 0.1) is 0 Å². The van der Waals surface area contributed by atoms with Crippen molar-refractivity contribution in [2.45, 2.75) is 32.9 Å². The van der Waals surface area contributed by atoms with E-state index in [1.807, 2.05) is 13.8 Å². The number of halogens is 2. The molecule has 0 heterocycles. The summed E-state index contributed by atoms with van der Waals surface area (Å²) >= 11 is 0. The van der Waals surface area contributed by atoms with Gasteiger partial charge in [-0.05, 0) is 30.5 Å². The van der Waals surface area contributed by atoms with Crippen molar-refractivity contribution in [1.29, 1.82) is 0 Å². The van der Waals surface area contributed by atoms with Crippen molar-refractivity contribution in [3.63, 3.8) is 0 Å². The van der Waals surface area contributed by atoms with Crippen LogP contribution in [0.3, 0.4) is 0 Å². The number of alkyl halides is 2. The fourth-order valence-electron chi connectivity index (χ4n) is 1.83. The Bertz CT molecular complexity index is 439. The minimum Gasteiger partial charge on any atom is -0.435 e. The van der Waals surface area contributed by atoms with E-state index in [9.17, 15) is 13.6 Å². The average molecular weight is 286 g/mol. The molecular formula is C14H20F2N2O2. The molecule has 0 saturated heterocycles. The van der Waals surface area contributed by atoms with E-state index in [0.717, 1.165) is 6.42 Å². The summed E-state index contributed by atoms with van der Waals surface area (Å²) in [6.07, 6.45) is 0.800. The summed E-state index contributed by atoms with van der Waals surface area (Å²) in [6, 6.07) is 5.53. The molecule has 0 radical (unpaired) electrons. The Morgan fingerprint density at radius 3 is 2.70 bits per heavy atom. The van der Waals surface area contributed by atoms with E-state index in [0.29, 0.717) is 12.5 Å². The smallest absolute Gasteiger partial charge is 0.387 e. The number of carbonyl (C=O) groups excluding carboxylic acids is 1. The van der Waals surface area contributed by atoms with E-state index in [1.54, 1.807) is 0 Å². The Kier molecular flexibility index (Phi) is 6.38. The average Bonchev–Trinajstić information content (AvgIpc) is 2.34. The molecule has 1 atom stereocenters. The molecular weight excluding hydrogens is 266 g/mol. The van der Waals surface area contributed by atoms with Crippen molar-refractivity contribution in [3.05, 3.63) is 29.8 Å². The maximum Gasteiger partial charge on any atom is 0.387 e. The maximum atomic E-state index is 12.1. The van der Waals surface area contributed by atoms with Gasteiger partial charge in [-0.3, -0.25) is 4.79 Å². The third-order valence-electron chi connectivity index (χ3n) is 2.62. The number of benzene rings is 1. The van der Waals surface area contributed by atoms with Crippen LogP contribution in [0.5, 0.6) is 5.75 Å². The lowest BCUT2D eigenvalue weighted by atomic mass is 10.0. The maximum absolute atomic E-state index is 12.1. The Labute approximate surface area is 117 Å². The topological polar surface area (TPSA) is 64.3 Å². The number of hydrogen-bond donors (Lipinski definition) is 2. The van der Waals surface area contributed by atoms with E-state index in [-0.39, 0.29) is 23.3 Å². The Hall–Kier alpha value is -1.69. The summed E-state index contributed by atoms with van der Waals surface area (Å²) < 4.78 is 28.4. The summed E-state index contributed by atoms with van der Waals surface area (Å²) in [5, 5.41) is 2.68. The van der Waals surface area contributed by atoms with Crippen molar-refractivity contribution < 1.29 is 18.3 Å². The number of rotatable bonds is 7. The zero-order valence-electron chi connectivity index (χ0n) is 11.6. The summed E-state index contributed by atoms with van der Waals surface area (Å²) in [5.74, 6) is 0.0488. The summed E-state index contributed by atoms with van der Waals surface area (Å²) in [5.41, 5.74) is 6.12. The highest BCUT2D eigenvalue weighted by Crippen LogP contribution is 2.15. The molecule has 0 spiro atoms. The summed E-state index contributed by atoms with van der Waals surface area (Å²) in [7, 11) is 0. The molecule has 0 aliphatic carbocycles. The monoisotopic (exact) mass is 286 g/mol. The zero-order valence-corrected chi connectivity index (χ0v) is 11.6. The number of ether oxygens (including phenoxy) is 1. The number of nitrogens with two attached hydrogens (primary N) is 1. The summed E-state index contributed by atoms with van der Waals surface area (Å²) in [4.78, 5) is 11.9. The molecule has 1 aromatic carbocycles. The van der Waals surface area contributed by atoms with Gasteiger partial charge in [-0.1, -0.05) is 19.9 Å². The van der Waals surface area contributed by atoms with Crippen LogP contribution in [0.1, 0.15) is 30.6 Å². The first kappa shape index (κ1) is 16.4. The lowest BCUT2D eigenvalue weighted by molar-refractivity contribution is -0.0498. The first-order valence-corrected chi connectivity index (χ1v) is 6.47. The predicted octanol–water partition coefficient (Wildman–Crippen LogP) is 2.39. The van der Waals surface area contributed by atoms with Crippen molar-refractivity contribution in [2.24, 2.45) is 11.7 Å². The highest BCUT2D eigenvalue weighted by Gasteiger charge is 2.11. The molecule has 112 valence electrons. The highest BCUT2D eigenvalue weighted by atomic mass is 19.3. The molecule has 1 amide bonds. The Morgan fingerprint density at radius 1 is 1.40 bits per heavy atom. The fourth-order valence-corrected chi connectivity index (χ4v) is 1.83. The number of amides is 1. The van der Waals surface area contributed by atoms with Crippen LogP contribution < -0.4 is 15.8 Å². The Balaban J connectivity index is 2.55. The van der Waals surface area contributed by atoms with Crippen LogP contribution in [0.15, 0.2) is 24.3 Å². The second-order valence-corrected chi connectivity index (χ2v) is 5.01. The van der Waals surface area contributed by atoms with Crippen LogP contribution in [0, 0.1) is 5.92 Å². The molecule has 0 saturated carbocycles. The first-order chi connectivity index (χ1) is 9.38. The number of hydrogen-bond acceptors (Lipinski definition) is 3. The normalized spacial score (nSPS) is 12.6. The molecule has 20 heavy (non-hydrogen) atoms. The fraction of sp³-hybridized carbons (Fsp3) is 0.500.